The molecule has 0 atom stereocenters. The van der Waals surface area contributed by atoms with Crippen molar-refractivity contribution in [3.63, 3.8) is 0 Å². The van der Waals surface area contributed by atoms with E-state index in [-0.39, 0.29) is 0 Å². The van der Waals surface area contributed by atoms with Crippen molar-refractivity contribution in [1.29, 1.82) is 0 Å². The smallest absolute Gasteiger partial charge is 0.135 e. The van der Waals surface area contributed by atoms with Gasteiger partial charge >= 0.3 is 0 Å². The van der Waals surface area contributed by atoms with Crippen molar-refractivity contribution in [2.24, 2.45) is 5.92 Å². The van der Waals surface area contributed by atoms with E-state index >= 15 is 0 Å². The van der Waals surface area contributed by atoms with E-state index in [1.165, 1.54) is 77.0 Å². The number of hydrogen-bond acceptors (Lipinski definition) is 1. The van der Waals surface area contributed by atoms with Gasteiger partial charge in [0.1, 0.15) is 5.78 Å². The zero-order valence-electron chi connectivity index (χ0n) is 13.1. The Kier molecular flexibility index (Phi) is 10.1. The molecule has 0 spiro atoms. The molecule has 0 aromatic carbocycles. The molecule has 0 bridgehead atoms. The molecule has 1 aliphatic carbocycles. The molecule has 19 heavy (non-hydrogen) atoms. The van der Waals surface area contributed by atoms with E-state index in [0.717, 1.165) is 19.3 Å². The zero-order valence-corrected chi connectivity index (χ0v) is 13.1. The molecular weight excluding hydrogens is 232 g/mol. The molecule has 1 heteroatoms. The van der Waals surface area contributed by atoms with Gasteiger partial charge in [-0.3, -0.25) is 4.79 Å². The van der Waals surface area contributed by atoms with Crippen LogP contribution in [-0.4, -0.2) is 5.78 Å². The first-order valence-electron chi connectivity index (χ1n) is 8.87. The minimum atomic E-state index is 0.384. The van der Waals surface area contributed by atoms with Gasteiger partial charge in [0.05, 0.1) is 0 Å². The van der Waals surface area contributed by atoms with Crippen LogP contribution in [0.15, 0.2) is 0 Å². The summed E-state index contributed by atoms with van der Waals surface area (Å²) in [6.45, 7) is 2.03. The second-order valence-electron chi connectivity index (χ2n) is 6.34. The van der Waals surface area contributed by atoms with Crippen molar-refractivity contribution in [2.45, 2.75) is 103 Å². The standard InChI is InChI=1S/C18H34O/c1-2-18(19)17-15-13-11-9-7-5-3-4-6-8-10-12-14-16-17/h17H,2-16H2,1H3. The van der Waals surface area contributed by atoms with Gasteiger partial charge in [0.2, 0.25) is 0 Å². The second kappa shape index (κ2) is 11.5. The Labute approximate surface area is 120 Å². The van der Waals surface area contributed by atoms with Crippen molar-refractivity contribution in [2.75, 3.05) is 0 Å². The lowest BCUT2D eigenvalue weighted by molar-refractivity contribution is -0.123. The van der Waals surface area contributed by atoms with E-state index in [2.05, 4.69) is 0 Å². The van der Waals surface area contributed by atoms with Gasteiger partial charge in [-0.2, -0.15) is 0 Å². The highest BCUT2D eigenvalue weighted by Gasteiger charge is 2.15. The fourth-order valence-electron chi connectivity index (χ4n) is 3.30. The van der Waals surface area contributed by atoms with Crippen LogP contribution in [0.3, 0.4) is 0 Å². The summed E-state index contributed by atoms with van der Waals surface area (Å²) in [6.07, 6.45) is 19.6. The Balaban J connectivity index is 2.31. The SMILES string of the molecule is CCC(=O)C1CCCCCCCCCCCCCC1. The van der Waals surface area contributed by atoms with Crippen LogP contribution in [0, 0.1) is 5.92 Å². The fraction of sp³-hybridized carbons (Fsp3) is 0.944. The predicted octanol–water partition coefficient (Wildman–Crippen LogP) is 6.06. The van der Waals surface area contributed by atoms with Crippen molar-refractivity contribution in [3.05, 3.63) is 0 Å². The average Bonchev–Trinajstić information content (AvgIpc) is 2.44. The topological polar surface area (TPSA) is 17.1 Å². The lowest BCUT2D eigenvalue weighted by Crippen LogP contribution is -2.13. The second-order valence-corrected chi connectivity index (χ2v) is 6.34. The Bertz CT molecular complexity index is 206. The molecule has 1 fully saturated rings. The molecule has 0 N–H and O–H groups in total. The molecule has 0 radical (unpaired) electrons. The van der Waals surface area contributed by atoms with E-state index in [4.69, 9.17) is 0 Å². The van der Waals surface area contributed by atoms with E-state index < -0.39 is 0 Å². The van der Waals surface area contributed by atoms with Crippen LogP contribution in [0.5, 0.6) is 0 Å². The predicted molar refractivity (Wildman–Crippen MR) is 83.4 cm³/mol. The number of rotatable bonds is 2. The van der Waals surface area contributed by atoms with Crippen molar-refractivity contribution in [3.8, 4) is 0 Å². The van der Waals surface area contributed by atoms with Crippen molar-refractivity contribution < 1.29 is 4.79 Å². The van der Waals surface area contributed by atoms with Crippen LogP contribution < -0.4 is 0 Å². The monoisotopic (exact) mass is 266 g/mol. The van der Waals surface area contributed by atoms with Crippen LogP contribution in [0.4, 0.5) is 0 Å². The minimum Gasteiger partial charge on any atom is -0.299 e. The highest BCUT2D eigenvalue weighted by Crippen LogP contribution is 2.22. The van der Waals surface area contributed by atoms with Gasteiger partial charge in [-0.1, -0.05) is 84.0 Å². The van der Waals surface area contributed by atoms with Gasteiger partial charge in [0.15, 0.2) is 0 Å². The molecule has 0 aliphatic heterocycles. The van der Waals surface area contributed by atoms with Crippen LogP contribution >= 0.6 is 0 Å². The largest absolute Gasteiger partial charge is 0.299 e. The Morgan fingerprint density at radius 3 is 1.32 bits per heavy atom. The van der Waals surface area contributed by atoms with Crippen LogP contribution in [-0.2, 0) is 4.79 Å². The molecule has 0 aromatic heterocycles. The number of carbonyl (C=O) groups is 1. The molecular formula is C18H34O. The summed E-state index contributed by atoms with van der Waals surface area (Å²) in [4.78, 5) is 12.0. The fourth-order valence-corrected chi connectivity index (χ4v) is 3.30. The number of carbonyl (C=O) groups excluding carboxylic acids is 1. The van der Waals surface area contributed by atoms with Gasteiger partial charge in [-0.25, -0.2) is 0 Å². The molecule has 0 unspecified atom stereocenters. The van der Waals surface area contributed by atoms with Crippen molar-refractivity contribution in [1.82, 2.24) is 0 Å². The van der Waals surface area contributed by atoms with Gasteiger partial charge in [0, 0.05) is 12.3 Å². The summed E-state index contributed by atoms with van der Waals surface area (Å²) in [5, 5.41) is 0. The molecule has 0 aromatic rings. The summed E-state index contributed by atoms with van der Waals surface area (Å²) in [7, 11) is 0. The first-order chi connectivity index (χ1) is 9.34. The molecule has 1 rings (SSSR count). The van der Waals surface area contributed by atoms with E-state index in [9.17, 15) is 4.79 Å². The quantitative estimate of drug-likeness (QED) is 0.594. The molecule has 112 valence electrons. The number of Topliss-reactive ketones (excluding diaryl/α,β-unsaturated/α-hetero) is 1. The normalized spacial score (nSPS) is 22.4. The van der Waals surface area contributed by atoms with Gasteiger partial charge in [-0.15, -0.1) is 0 Å². The Hall–Kier alpha value is -0.330. The minimum absolute atomic E-state index is 0.384. The maximum Gasteiger partial charge on any atom is 0.135 e. The van der Waals surface area contributed by atoms with E-state index in [1.54, 1.807) is 0 Å². The van der Waals surface area contributed by atoms with E-state index in [0.29, 0.717) is 11.7 Å². The summed E-state index contributed by atoms with van der Waals surface area (Å²) >= 11 is 0. The molecule has 1 saturated carbocycles. The third-order valence-electron chi connectivity index (χ3n) is 4.66. The summed E-state index contributed by atoms with van der Waals surface area (Å²) in [5.41, 5.74) is 0. The third-order valence-corrected chi connectivity index (χ3v) is 4.66. The Morgan fingerprint density at radius 1 is 0.684 bits per heavy atom. The van der Waals surface area contributed by atoms with Gasteiger partial charge in [-0.05, 0) is 12.8 Å². The summed E-state index contributed by atoms with van der Waals surface area (Å²) in [6, 6.07) is 0. The highest BCUT2D eigenvalue weighted by molar-refractivity contribution is 5.80. The molecule has 0 heterocycles. The van der Waals surface area contributed by atoms with Crippen molar-refractivity contribution >= 4 is 5.78 Å². The highest BCUT2D eigenvalue weighted by atomic mass is 16.1. The van der Waals surface area contributed by atoms with Gasteiger partial charge < -0.3 is 0 Å². The average molecular weight is 266 g/mol. The molecule has 1 nitrogen and oxygen atoms in total. The van der Waals surface area contributed by atoms with Crippen LogP contribution in [0.25, 0.3) is 0 Å². The first kappa shape index (κ1) is 16.7. The maximum atomic E-state index is 12.0. The summed E-state index contributed by atoms with van der Waals surface area (Å²) < 4.78 is 0. The Morgan fingerprint density at radius 2 is 1.00 bits per heavy atom. The zero-order chi connectivity index (χ0) is 13.8. The number of hydrogen-bond donors (Lipinski definition) is 0. The number of ketones is 1. The lowest BCUT2D eigenvalue weighted by Gasteiger charge is -2.14. The third kappa shape index (κ3) is 8.44. The summed E-state index contributed by atoms with van der Waals surface area (Å²) in [5.74, 6) is 0.902. The van der Waals surface area contributed by atoms with Crippen LogP contribution in [0.2, 0.25) is 0 Å². The lowest BCUT2D eigenvalue weighted by atomic mass is 9.90. The van der Waals surface area contributed by atoms with Gasteiger partial charge in [0.25, 0.3) is 0 Å². The first-order valence-corrected chi connectivity index (χ1v) is 8.87. The molecule has 0 saturated heterocycles. The molecule has 1 aliphatic rings. The maximum absolute atomic E-state index is 12.0. The van der Waals surface area contributed by atoms with E-state index in [1.807, 2.05) is 6.92 Å². The van der Waals surface area contributed by atoms with Crippen LogP contribution in [0.1, 0.15) is 103 Å². The molecule has 0 amide bonds.